The third-order valence-electron chi connectivity index (χ3n) is 3.60. The van der Waals surface area contributed by atoms with Gasteiger partial charge in [-0.3, -0.25) is 4.90 Å². The molecule has 1 aromatic rings. The Morgan fingerprint density at radius 3 is 2.67 bits per heavy atom. The van der Waals surface area contributed by atoms with Crippen molar-refractivity contribution in [2.24, 2.45) is 23.4 Å². The first-order chi connectivity index (χ1) is 8.53. The van der Waals surface area contributed by atoms with Gasteiger partial charge in [0.15, 0.2) is 5.82 Å². The fourth-order valence-corrected chi connectivity index (χ4v) is 2.17. The molecule has 8 heteroatoms. The molecule has 8 nitrogen and oxygen atoms in total. The van der Waals surface area contributed by atoms with E-state index < -0.39 is 0 Å². The zero-order valence-electron chi connectivity index (χ0n) is 10.7. The maximum Gasteiger partial charge on any atom is 0.188 e. The summed E-state index contributed by atoms with van der Waals surface area (Å²) < 4.78 is 0. The number of likely N-dealkylation sites (tertiary alicyclic amines) is 1. The van der Waals surface area contributed by atoms with E-state index in [0.717, 1.165) is 31.8 Å². The Morgan fingerprint density at radius 2 is 2.17 bits per heavy atom. The second kappa shape index (κ2) is 4.89. The van der Waals surface area contributed by atoms with Crippen LogP contribution in [-0.4, -0.2) is 49.2 Å². The molecule has 0 unspecified atom stereocenters. The normalized spacial score (nSPS) is 21.1. The highest BCUT2D eigenvalue weighted by Gasteiger charge is 2.34. The quantitative estimate of drug-likeness (QED) is 0.327. The number of amidine groups is 1. The van der Waals surface area contributed by atoms with E-state index in [0.29, 0.717) is 12.4 Å². The van der Waals surface area contributed by atoms with Crippen LogP contribution >= 0.6 is 0 Å². The molecule has 0 aliphatic carbocycles. The zero-order valence-corrected chi connectivity index (χ0v) is 10.7. The number of oxime groups is 1. The summed E-state index contributed by atoms with van der Waals surface area (Å²) >= 11 is 0. The van der Waals surface area contributed by atoms with Gasteiger partial charge in [0.1, 0.15) is 5.84 Å². The molecule has 1 aliphatic rings. The summed E-state index contributed by atoms with van der Waals surface area (Å²) in [7, 11) is 1.75. The van der Waals surface area contributed by atoms with E-state index in [1.807, 2.05) is 6.92 Å². The summed E-state index contributed by atoms with van der Waals surface area (Å²) in [4.78, 5) is 3.71. The predicted octanol–water partition coefficient (Wildman–Crippen LogP) is -0.441. The lowest BCUT2D eigenvalue weighted by molar-refractivity contribution is 0.150. The molecule has 2 rings (SSSR count). The molecule has 0 bridgehead atoms. The van der Waals surface area contributed by atoms with Gasteiger partial charge in [0.25, 0.3) is 0 Å². The summed E-state index contributed by atoms with van der Waals surface area (Å²) in [5.74, 6) is 1.05. The summed E-state index contributed by atoms with van der Waals surface area (Å²) in [6.07, 6.45) is 1.73. The maximum absolute atomic E-state index is 8.77. The van der Waals surface area contributed by atoms with Crippen molar-refractivity contribution < 1.29 is 5.21 Å². The van der Waals surface area contributed by atoms with Crippen molar-refractivity contribution in [2.75, 3.05) is 13.1 Å². The number of rotatable bonds is 3. The lowest BCUT2D eigenvalue weighted by Gasteiger charge is -2.37. The van der Waals surface area contributed by atoms with Crippen LogP contribution in [0.25, 0.3) is 0 Å². The average molecular weight is 253 g/mol. The molecule has 1 saturated heterocycles. The molecule has 1 fully saturated rings. The summed E-state index contributed by atoms with van der Waals surface area (Å²) in [6.45, 7) is 4.48. The van der Waals surface area contributed by atoms with Crippen molar-refractivity contribution in [1.82, 2.24) is 25.1 Å². The maximum atomic E-state index is 8.77. The Morgan fingerprint density at radius 1 is 1.50 bits per heavy atom. The van der Waals surface area contributed by atoms with Crippen molar-refractivity contribution >= 4 is 5.84 Å². The number of hydrogen-bond acceptors (Lipinski definition) is 6. The van der Waals surface area contributed by atoms with E-state index in [2.05, 4.69) is 25.5 Å². The SMILES string of the molecule is Cn1nnc(CN2CCC(C)(C(N)=NO)CC2)n1. The topological polar surface area (TPSA) is 105 Å². The van der Waals surface area contributed by atoms with Gasteiger partial charge in [-0.15, -0.1) is 10.2 Å². The molecule has 18 heavy (non-hydrogen) atoms. The molecular weight excluding hydrogens is 234 g/mol. The Bertz CT molecular complexity index is 433. The molecule has 3 N–H and O–H groups in total. The van der Waals surface area contributed by atoms with Crippen molar-refractivity contribution in [3.63, 3.8) is 0 Å². The monoisotopic (exact) mass is 253 g/mol. The van der Waals surface area contributed by atoms with Crippen molar-refractivity contribution in [3.8, 4) is 0 Å². The highest BCUT2D eigenvalue weighted by atomic mass is 16.4. The highest BCUT2D eigenvalue weighted by Crippen LogP contribution is 2.31. The molecule has 2 heterocycles. The van der Waals surface area contributed by atoms with E-state index in [9.17, 15) is 0 Å². The molecule has 100 valence electrons. The summed E-state index contributed by atoms with van der Waals surface area (Å²) in [5.41, 5.74) is 5.52. The van der Waals surface area contributed by atoms with Gasteiger partial charge in [0, 0.05) is 5.41 Å². The number of piperidine rings is 1. The molecule has 0 aromatic carbocycles. The molecule has 1 aliphatic heterocycles. The largest absolute Gasteiger partial charge is 0.409 e. The van der Waals surface area contributed by atoms with E-state index in [-0.39, 0.29) is 5.41 Å². The first-order valence-corrected chi connectivity index (χ1v) is 5.97. The van der Waals surface area contributed by atoms with Gasteiger partial charge in [0.05, 0.1) is 13.6 Å². The van der Waals surface area contributed by atoms with Crippen LogP contribution in [-0.2, 0) is 13.6 Å². The van der Waals surface area contributed by atoms with Crippen LogP contribution < -0.4 is 5.73 Å². The van der Waals surface area contributed by atoms with Crippen LogP contribution in [0.3, 0.4) is 0 Å². The van der Waals surface area contributed by atoms with E-state index in [4.69, 9.17) is 10.9 Å². The third kappa shape index (κ3) is 2.58. The minimum atomic E-state index is -0.207. The van der Waals surface area contributed by atoms with Crippen molar-refractivity contribution in [3.05, 3.63) is 5.82 Å². The highest BCUT2D eigenvalue weighted by molar-refractivity contribution is 5.85. The first-order valence-electron chi connectivity index (χ1n) is 5.97. The van der Waals surface area contributed by atoms with E-state index >= 15 is 0 Å². The minimum Gasteiger partial charge on any atom is -0.409 e. The number of hydrogen-bond donors (Lipinski definition) is 2. The second-order valence-corrected chi connectivity index (χ2v) is 5.02. The van der Waals surface area contributed by atoms with Crippen LogP contribution in [0.4, 0.5) is 0 Å². The van der Waals surface area contributed by atoms with Crippen LogP contribution in [0.15, 0.2) is 5.16 Å². The Hall–Kier alpha value is -1.70. The summed E-state index contributed by atoms with van der Waals surface area (Å²) in [5, 5.41) is 23.8. The molecule has 0 radical (unpaired) electrons. The van der Waals surface area contributed by atoms with Gasteiger partial charge in [0.2, 0.25) is 0 Å². The zero-order chi connectivity index (χ0) is 13.2. The second-order valence-electron chi connectivity index (χ2n) is 5.02. The molecule has 1 aromatic heterocycles. The molecular formula is C10H19N7O. The number of tetrazole rings is 1. The fourth-order valence-electron chi connectivity index (χ4n) is 2.17. The Labute approximate surface area is 105 Å². The standard InChI is InChI=1S/C10H19N7O/c1-10(9(11)14-18)3-5-17(6-4-10)7-8-12-15-16(2)13-8/h18H,3-7H2,1-2H3,(H2,11,14). The minimum absolute atomic E-state index is 0.207. The van der Waals surface area contributed by atoms with Crippen LogP contribution in [0.1, 0.15) is 25.6 Å². The average Bonchev–Trinajstić information content (AvgIpc) is 2.77. The van der Waals surface area contributed by atoms with Gasteiger partial charge in [-0.2, -0.15) is 4.80 Å². The lowest BCUT2D eigenvalue weighted by Crippen LogP contribution is -2.45. The lowest BCUT2D eigenvalue weighted by atomic mass is 9.79. The van der Waals surface area contributed by atoms with Gasteiger partial charge in [-0.1, -0.05) is 12.1 Å². The van der Waals surface area contributed by atoms with Crippen LogP contribution in [0, 0.1) is 5.41 Å². The number of aromatic nitrogens is 4. The van der Waals surface area contributed by atoms with Crippen LogP contribution in [0.5, 0.6) is 0 Å². The van der Waals surface area contributed by atoms with Gasteiger partial charge in [-0.05, 0) is 31.1 Å². The van der Waals surface area contributed by atoms with E-state index in [1.165, 1.54) is 4.80 Å². The number of nitrogens with two attached hydrogens (primary N) is 1. The smallest absolute Gasteiger partial charge is 0.188 e. The fraction of sp³-hybridized carbons (Fsp3) is 0.800. The number of aryl methyl sites for hydroxylation is 1. The number of nitrogens with zero attached hydrogens (tertiary/aromatic N) is 6. The van der Waals surface area contributed by atoms with Crippen LogP contribution in [0.2, 0.25) is 0 Å². The van der Waals surface area contributed by atoms with Gasteiger partial charge in [-0.25, -0.2) is 0 Å². The Balaban J connectivity index is 1.91. The first kappa shape index (κ1) is 12.7. The van der Waals surface area contributed by atoms with Crippen molar-refractivity contribution in [2.45, 2.75) is 26.3 Å². The van der Waals surface area contributed by atoms with Gasteiger partial charge < -0.3 is 10.9 Å². The molecule has 0 spiro atoms. The van der Waals surface area contributed by atoms with Gasteiger partial charge >= 0.3 is 0 Å². The summed E-state index contributed by atoms with van der Waals surface area (Å²) in [6, 6.07) is 0. The predicted molar refractivity (Wildman–Crippen MR) is 64.8 cm³/mol. The Kier molecular flexibility index (Phi) is 3.46. The third-order valence-corrected chi connectivity index (χ3v) is 3.60. The van der Waals surface area contributed by atoms with E-state index in [1.54, 1.807) is 7.05 Å². The van der Waals surface area contributed by atoms with Crippen molar-refractivity contribution in [1.29, 1.82) is 0 Å². The molecule has 0 amide bonds. The molecule has 0 atom stereocenters. The molecule has 0 saturated carbocycles.